The molecule has 41 heavy (non-hydrogen) atoms. The first-order valence-corrected chi connectivity index (χ1v) is 14.2. The number of aromatic hydroxyl groups is 1. The number of hydrogen-bond acceptors (Lipinski definition) is 6. The summed E-state index contributed by atoms with van der Waals surface area (Å²) in [6.45, 7) is 2.42. The number of methoxy groups -OCH3 is 1. The number of phenols is 1. The highest BCUT2D eigenvalue weighted by Gasteiger charge is 2.58. The fourth-order valence-electron chi connectivity index (χ4n) is 6.94. The largest absolute Gasteiger partial charge is 0.507 e. The lowest BCUT2D eigenvalue weighted by molar-refractivity contribution is -0.137. The van der Waals surface area contributed by atoms with E-state index in [0.717, 1.165) is 51.5 Å². The fraction of sp³-hybridized carbons (Fsp3) is 0.324. The summed E-state index contributed by atoms with van der Waals surface area (Å²) < 4.78 is 11.1. The molecular formula is C34H33NO6. The Hall–Kier alpha value is -4.23. The molecule has 2 saturated heterocycles. The second-order valence-electron chi connectivity index (χ2n) is 11.0. The summed E-state index contributed by atoms with van der Waals surface area (Å²) in [6, 6.07) is 21.7. The Kier molecular flexibility index (Phi) is 7.22. The molecule has 1 aliphatic carbocycles. The molecule has 0 aromatic heterocycles. The highest BCUT2D eigenvalue weighted by atomic mass is 16.5. The molecule has 3 aromatic carbocycles. The summed E-state index contributed by atoms with van der Waals surface area (Å²) in [5, 5.41) is 12.2. The second kappa shape index (κ2) is 11.0. The Labute approximate surface area is 239 Å². The summed E-state index contributed by atoms with van der Waals surface area (Å²) in [5.41, 5.74) is 5.56. The highest BCUT2D eigenvalue weighted by molar-refractivity contribution is 6.16. The smallest absolute Gasteiger partial charge is 0.423 e. The molecule has 6 rings (SSSR count). The SMILES string of the molecule is CCC1=C2[C@@H](CC/C(=C/c3ccc(O)c4ccccc34)c3ccccc3)OC[C@@H]2[C@@H]2C(=O)N(C(=O)OC)C(=O)[C@@H]2C1. The minimum atomic E-state index is -0.913. The van der Waals surface area contributed by atoms with Gasteiger partial charge in [-0.2, -0.15) is 4.90 Å². The number of fused-ring (bicyclic) bond motifs is 4. The third-order valence-electron chi connectivity index (χ3n) is 8.88. The first-order chi connectivity index (χ1) is 19.9. The number of amides is 3. The molecule has 0 radical (unpaired) electrons. The highest BCUT2D eigenvalue weighted by Crippen LogP contribution is 2.50. The molecule has 1 N–H and O–H groups in total. The fourth-order valence-corrected chi connectivity index (χ4v) is 6.94. The maximum Gasteiger partial charge on any atom is 0.423 e. The van der Waals surface area contributed by atoms with Crippen LogP contribution in [-0.4, -0.2) is 47.7 Å². The first kappa shape index (κ1) is 27.0. The zero-order chi connectivity index (χ0) is 28.7. The average Bonchev–Trinajstić information content (AvgIpc) is 3.54. The quantitative estimate of drug-likeness (QED) is 0.218. The van der Waals surface area contributed by atoms with E-state index in [1.54, 1.807) is 6.07 Å². The number of ether oxygens (including phenoxy) is 2. The molecule has 2 aliphatic heterocycles. The van der Waals surface area contributed by atoms with Crippen molar-refractivity contribution >= 4 is 40.3 Å². The molecule has 0 unspecified atom stereocenters. The van der Waals surface area contributed by atoms with Gasteiger partial charge in [0.2, 0.25) is 11.8 Å². The standard InChI is InChI=1S/C34H33NO6/c1-3-20-18-26-31(33(38)35(32(26)37)34(39)40-2)27-19-41-29(30(20)27)16-14-22(21-9-5-4-6-10-21)17-23-13-15-28(36)25-12-8-7-11-24(23)25/h4-13,15,17,26-27,29,31,36H,3,14,16,18-19H2,1-2H3/b22-17-/t26-,27+,29-,31-/m1/s1. The zero-order valence-corrected chi connectivity index (χ0v) is 23.2. The van der Waals surface area contributed by atoms with Gasteiger partial charge in [0.15, 0.2) is 0 Å². The van der Waals surface area contributed by atoms with Gasteiger partial charge in [-0.1, -0.05) is 79.2 Å². The normalized spacial score (nSPS) is 24.1. The number of benzene rings is 3. The molecular weight excluding hydrogens is 518 g/mol. The van der Waals surface area contributed by atoms with E-state index in [-0.39, 0.29) is 17.8 Å². The van der Waals surface area contributed by atoms with Crippen LogP contribution in [0.3, 0.4) is 0 Å². The minimum Gasteiger partial charge on any atom is -0.507 e. The van der Waals surface area contributed by atoms with E-state index in [2.05, 4.69) is 25.1 Å². The van der Waals surface area contributed by atoms with Crippen LogP contribution in [0.5, 0.6) is 5.75 Å². The van der Waals surface area contributed by atoms with Crippen molar-refractivity contribution in [2.75, 3.05) is 13.7 Å². The third kappa shape index (κ3) is 4.64. The third-order valence-corrected chi connectivity index (χ3v) is 8.88. The summed E-state index contributed by atoms with van der Waals surface area (Å²) >= 11 is 0. The topological polar surface area (TPSA) is 93.1 Å². The van der Waals surface area contributed by atoms with Gasteiger partial charge < -0.3 is 14.6 Å². The average molecular weight is 552 g/mol. The van der Waals surface area contributed by atoms with Crippen LogP contribution in [-0.2, 0) is 19.1 Å². The molecule has 210 valence electrons. The number of carbonyl (C=O) groups is 3. The van der Waals surface area contributed by atoms with Crippen LogP contribution in [0, 0.1) is 17.8 Å². The zero-order valence-electron chi connectivity index (χ0n) is 23.2. The molecule has 7 nitrogen and oxygen atoms in total. The second-order valence-corrected chi connectivity index (χ2v) is 11.0. The van der Waals surface area contributed by atoms with Crippen molar-refractivity contribution in [1.82, 2.24) is 4.90 Å². The predicted octanol–water partition coefficient (Wildman–Crippen LogP) is 6.36. The molecule has 2 fully saturated rings. The number of allylic oxidation sites excluding steroid dienone is 2. The molecule has 3 aromatic rings. The molecule has 7 heteroatoms. The maximum atomic E-state index is 13.3. The van der Waals surface area contributed by atoms with Crippen molar-refractivity contribution in [2.45, 2.75) is 38.7 Å². The lowest BCUT2D eigenvalue weighted by Crippen LogP contribution is -2.38. The molecule has 4 atom stereocenters. The van der Waals surface area contributed by atoms with Gasteiger partial charge in [0.25, 0.3) is 0 Å². The van der Waals surface area contributed by atoms with Crippen LogP contribution >= 0.6 is 0 Å². The number of likely N-dealkylation sites (tertiary alicyclic amines) is 1. The molecule has 0 bridgehead atoms. The Morgan fingerprint density at radius 1 is 1.00 bits per heavy atom. The molecule has 0 saturated carbocycles. The Morgan fingerprint density at radius 2 is 1.73 bits per heavy atom. The van der Waals surface area contributed by atoms with Crippen molar-refractivity contribution in [3.8, 4) is 5.75 Å². The van der Waals surface area contributed by atoms with Gasteiger partial charge in [-0.15, -0.1) is 0 Å². The summed E-state index contributed by atoms with van der Waals surface area (Å²) in [7, 11) is 1.18. The van der Waals surface area contributed by atoms with E-state index < -0.39 is 29.7 Å². The van der Waals surface area contributed by atoms with Crippen molar-refractivity contribution in [3.05, 3.63) is 89.0 Å². The number of phenolic OH excluding ortho intramolecular Hbond substituents is 1. The van der Waals surface area contributed by atoms with E-state index in [1.807, 2.05) is 48.5 Å². The van der Waals surface area contributed by atoms with Gasteiger partial charge in [0, 0.05) is 11.3 Å². The predicted molar refractivity (Wildman–Crippen MR) is 156 cm³/mol. The van der Waals surface area contributed by atoms with Crippen molar-refractivity contribution in [1.29, 1.82) is 0 Å². The van der Waals surface area contributed by atoms with E-state index in [0.29, 0.717) is 24.3 Å². The molecule has 3 aliphatic rings. The van der Waals surface area contributed by atoms with Crippen molar-refractivity contribution in [2.24, 2.45) is 17.8 Å². The Bertz CT molecular complexity index is 1590. The number of carbonyl (C=O) groups excluding carboxylic acids is 3. The van der Waals surface area contributed by atoms with Gasteiger partial charge in [0.1, 0.15) is 5.75 Å². The first-order valence-electron chi connectivity index (χ1n) is 14.2. The number of imide groups is 3. The van der Waals surface area contributed by atoms with E-state index >= 15 is 0 Å². The van der Waals surface area contributed by atoms with Crippen LogP contribution in [0.1, 0.15) is 43.7 Å². The summed E-state index contributed by atoms with van der Waals surface area (Å²) in [6.07, 6.45) is 3.77. The Balaban J connectivity index is 1.31. The monoisotopic (exact) mass is 551 g/mol. The Morgan fingerprint density at radius 3 is 2.46 bits per heavy atom. The van der Waals surface area contributed by atoms with Crippen LogP contribution < -0.4 is 0 Å². The van der Waals surface area contributed by atoms with Crippen LogP contribution in [0.25, 0.3) is 22.4 Å². The number of nitrogens with zero attached hydrogens (tertiary/aromatic N) is 1. The molecule has 0 spiro atoms. The van der Waals surface area contributed by atoms with Crippen molar-refractivity contribution in [3.63, 3.8) is 0 Å². The van der Waals surface area contributed by atoms with Gasteiger partial charge >= 0.3 is 6.09 Å². The summed E-state index contributed by atoms with van der Waals surface area (Å²) in [4.78, 5) is 39.3. The van der Waals surface area contributed by atoms with Crippen LogP contribution in [0.15, 0.2) is 77.9 Å². The van der Waals surface area contributed by atoms with E-state index in [9.17, 15) is 19.5 Å². The molecule has 2 heterocycles. The lowest BCUT2D eigenvalue weighted by Gasteiger charge is -2.31. The number of hydrogen-bond donors (Lipinski definition) is 1. The minimum absolute atomic E-state index is 0.172. The van der Waals surface area contributed by atoms with Crippen LogP contribution in [0.4, 0.5) is 4.79 Å². The van der Waals surface area contributed by atoms with Crippen molar-refractivity contribution < 1.29 is 29.0 Å². The van der Waals surface area contributed by atoms with E-state index in [4.69, 9.17) is 9.47 Å². The summed E-state index contributed by atoms with van der Waals surface area (Å²) in [5.74, 6) is -2.04. The number of rotatable bonds is 6. The van der Waals surface area contributed by atoms with Gasteiger partial charge in [0.05, 0.1) is 31.7 Å². The van der Waals surface area contributed by atoms with Gasteiger partial charge in [-0.05, 0) is 59.4 Å². The van der Waals surface area contributed by atoms with Gasteiger partial charge in [-0.3, -0.25) is 9.59 Å². The lowest BCUT2D eigenvalue weighted by atomic mass is 9.69. The molecule has 3 amide bonds. The van der Waals surface area contributed by atoms with Gasteiger partial charge in [-0.25, -0.2) is 4.79 Å². The van der Waals surface area contributed by atoms with Crippen LogP contribution in [0.2, 0.25) is 0 Å². The maximum absolute atomic E-state index is 13.3. The van der Waals surface area contributed by atoms with E-state index in [1.165, 1.54) is 7.11 Å².